The summed E-state index contributed by atoms with van der Waals surface area (Å²) in [5.41, 5.74) is 0. The maximum atomic E-state index is 11.6. The van der Waals surface area contributed by atoms with Crippen molar-refractivity contribution < 1.29 is 4.79 Å². The van der Waals surface area contributed by atoms with Crippen molar-refractivity contribution in [3.05, 3.63) is 0 Å². The molecular formula is C10H20N2O. The van der Waals surface area contributed by atoms with Crippen molar-refractivity contribution in [3.8, 4) is 0 Å². The molecule has 1 aliphatic rings. The van der Waals surface area contributed by atoms with Gasteiger partial charge in [-0.2, -0.15) is 0 Å². The van der Waals surface area contributed by atoms with Gasteiger partial charge in [0.05, 0.1) is 0 Å². The summed E-state index contributed by atoms with van der Waals surface area (Å²) in [5, 5.41) is 6.44. The van der Waals surface area contributed by atoms with Gasteiger partial charge in [0.2, 0.25) is 0 Å². The molecule has 0 aromatic carbocycles. The molecule has 3 nitrogen and oxygen atoms in total. The summed E-state index contributed by atoms with van der Waals surface area (Å²) >= 11 is 0. The highest BCUT2D eigenvalue weighted by molar-refractivity contribution is 5.81. The monoisotopic (exact) mass is 184 g/mol. The molecule has 0 bridgehead atoms. The zero-order chi connectivity index (χ0) is 9.52. The summed E-state index contributed by atoms with van der Waals surface area (Å²) in [4.78, 5) is 11.6. The third-order valence-corrected chi connectivity index (χ3v) is 2.55. The lowest BCUT2D eigenvalue weighted by Gasteiger charge is -2.21. The Kier molecular flexibility index (Phi) is 5.01. The van der Waals surface area contributed by atoms with Crippen LogP contribution in [0, 0.1) is 5.92 Å². The predicted octanol–water partition coefficient (Wildman–Crippen LogP) is 0.555. The first kappa shape index (κ1) is 10.7. The molecule has 2 N–H and O–H groups in total. The second-order valence-electron chi connectivity index (χ2n) is 3.61. The number of nitrogens with one attached hydrogen (secondary N) is 2. The van der Waals surface area contributed by atoms with E-state index in [2.05, 4.69) is 17.6 Å². The van der Waals surface area contributed by atoms with Gasteiger partial charge < -0.3 is 10.6 Å². The average molecular weight is 184 g/mol. The Morgan fingerprint density at radius 1 is 1.62 bits per heavy atom. The van der Waals surface area contributed by atoms with Crippen LogP contribution >= 0.6 is 0 Å². The number of Topliss-reactive ketones (excluding diaryl/α,β-unsaturated/α-hetero) is 1. The highest BCUT2D eigenvalue weighted by Gasteiger charge is 2.19. The van der Waals surface area contributed by atoms with Crippen LogP contribution in [0.25, 0.3) is 0 Å². The molecule has 0 aromatic heterocycles. The lowest BCUT2D eigenvalue weighted by Crippen LogP contribution is -2.35. The van der Waals surface area contributed by atoms with Gasteiger partial charge in [0.25, 0.3) is 0 Å². The zero-order valence-corrected chi connectivity index (χ0v) is 8.44. The van der Waals surface area contributed by atoms with Crippen LogP contribution in [0.4, 0.5) is 0 Å². The fourth-order valence-corrected chi connectivity index (χ4v) is 1.72. The predicted molar refractivity (Wildman–Crippen MR) is 53.8 cm³/mol. The smallest absolute Gasteiger partial charge is 0.138 e. The number of piperidine rings is 1. The number of carbonyl (C=O) groups is 1. The van der Waals surface area contributed by atoms with Crippen LogP contribution < -0.4 is 10.6 Å². The molecule has 0 spiro atoms. The molecule has 76 valence electrons. The minimum absolute atomic E-state index is 0.285. The summed E-state index contributed by atoms with van der Waals surface area (Å²) < 4.78 is 0. The summed E-state index contributed by atoms with van der Waals surface area (Å²) in [6, 6.07) is 0. The fourth-order valence-electron chi connectivity index (χ4n) is 1.72. The molecule has 1 saturated heterocycles. The van der Waals surface area contributed by atoms with Crippen LogP contribution in [0.5, 0.6) is 0 Å². The number of hydrogen-bond acceptors (Lipinski definition) is 3. The average Bonchev–Trinajstić information content (AvgIpc) is 2.19. The van der Waals surface area contributed by atoms with Crippen LogP contribution in [-0.2, 0) is 4.79 Å². The van der Waals surface area contributed by atoms with Crippen molar-refractivity contribution in [2.75, 3.05) is 26.2 Å². The second-order valence-corrected chi connectivity index (χ2v) is 3.61. The quantitative estimate of drug-likeness (QED) is 0.613. The molecule has 0 aromatic rings. The van der Waals surface area contributed by atoms with Gasteiger partial charge in [-0.1, -0.05) is 6.92 Å². The SMILES string of the molecule is CCNCCC(=O)C1CCCNC1. The molecule has 1 atom stereocenters. The van der Waals surface area contributed by atoms with Gasteiger partial charge in [0.15, 0.2) is 0 Å². The summed E-state index contributed by atoms with van der Waals surface area (Å²) in [5.74, 6) is 0.709. The van der Waals surface area contributed by atoms with Gasteiger partial charge in [0.1, 0.15) is 5.78 Å². The van der Waals surface area contributed by atoms with Crippen LogP contribution in [0.15, 0.2) is 0 Å². The number of hydrogen-bond donors (Lipinski definition) is 2. The van der Waals surface area contributed by atoms with E-state index >= 15 is 0 Å². The molecule has 1 aliphatic heterocycles. The van der Waals surface area contributed by atoms with E-state index in [0.717, 1.165) is 39.0 Å². The molecular weight excluding hydrogens is 164 g/mol. The van der Waals surface area contributed by atoms with Gasteiger partial charge >= 0.3 is 0 Å². The van der Waals surface area contributed by atoms with E-state index in [4.69, 9.17) is 0 Å². The van der Waals surface area contributed by atoms with Crippen molar-refractivity contribution in [2.24, 2.45) is 5.92 Å². The molecule has 0 radical (unpaired) electrons. The lowest BCUT2D eigenvalue weighted by atomic mass is 9.93. The molecule has 0 saturated carbocycles. The zero-order valence-electron chi connectivity index (χ0n) is 8.44. The molecule has 0 aliphatic carbocycles. The fraction of sp³-hybridized carbons (Fsp3) is 0.900. The van der Waals surface area contributed by atoms with E-state index in [1.165, 1.54) is 0 Å². The van der Waals surface area contributed by atoms with Gasteiger partial charge in [-0.25, -0.2) is 0 Å². The first-order chi connectivity index (χ1) is 6.34. The Morgan fingerprint density at radius 2 is 2.46 bits per heavy atom. The highest BCUT2D eigenvalue weighted by atomic mass is 16.1. The number of ketones is 1. The van der Waals surface area contributed by atoms with E-state index in [1.54, 1.807) is 0 Å². The standard InChI is InChI=1S/C10H20N2O/c1-2-11-7-5-10(13)9-4-3-6-12-8-9/h9,11-12H,2-8H2,1H3. The first-order valence-electron chi connectivity index (χ1n) is 5.28. The van der Waals surface area contributed by atoms with Crippen molar-refractivity contribution in [1.29, 1.82) is 0 Å². The van der Waals surface area contributed by atoms with Crippen molar-refractivity contribution in [1.82, 2.24) is 10.6 Å². The molecule has 0 amide bonds. The summed E-state index contributed by atoms with van der Waals surface area (Å²) in [6.45, 7) is 5.83. The van der Waals surface area contributed by atoms with Crippen molar-refractivity contribution in [3.63, 3.8) is 0 Å². The second kappa shape index (κ2) is 6.11. The van der Waals surface area contributed by atoms with Gasteiger partial charge in [0, 0.05) is 25.4 Å². The number of rotatable bonds is 5. The molecule has 1 heterocycles. The van der Waals surface area contributed by atoms with Gasteiger partial charge in [-0.15, -0.1) is 0 Å². The lowest BCUT2D eigenvalue weighted by molar-refractivity contribution is -0.123. The molecule has 1 unspecified atom stereocenters. The Morgan fingerprint density at radius 3 is 3.08 bits per heavy atom. The molecule has 13 heavy (non-hydrogen) atoms. The van der Waals surface area contributed by atoms with Crippen LogP contribution in [0.1, 0.15) is 26.2 Å². The van der Waals surface area contributed by atoms with Crippen molar-refractivity contribution >= 4 is 5.78 Å². The molecule has 1 rings (SSSR count). The largest absolute Gasteiger partial charge is 0.317 e. The van der Waals surface area contributed by atoms with E-state index in [9.17, 15) is 4.79 Å². The van der Waals surface area contributed by atoms with E-state index < -0.39 is 0 Å². The topological polar surface area (TPSA) is 41.1 Å². The van der Waals surface area contributed by atoms with Crippen molar-refractivity contribution in [2.45, 2.75) is 26.2 Å². The Balaban J connectivity index is 2.13. The van der Waals surface area contributed by atoms with E-state index in [0.29, 0.717) is 12.2 Å². The summed E-state index contributed by atoms with van der Waals surface area (Å²) in [6.07, 6.45) is 2.93. The Hall–Kier alpha value is -0.410. The van der Waals surface area contributed by atoms with Crippen LogP contribution in [-0.4, -0.2) is 32.0 Å². The van der Waals surface area contributed by atoms with Gasteiger partial charge in [-0.3, -0.25) is 4.79 Å². The Bertz CT molecular complexity index is 153. The third kappa shape index (κ3) is 3.87. The van der Waals surface area contributed by atoms with E-state index in [-0.39, 0.29) is 5.92 Å². The third-order valence-electron chi connectivity index (χ3n) is 2.55. The Labute approximate surface area is 80.3 Å². The van der Waals surface area contributed by atoms with E-state index in [1.807, 2.05) is 0 Å². The van der Waals surface area contributed by atoms with Gasteiger partial charge in [-0.05, 0) is 25.9 Å². The maximum Gasteiger partial charge on any atom is 0.138 e. The molecule has 1 fully saturated rings. The summed E-state index contributed by atoms with van der Waals surface area (Å²) in [7, 11) is 0. The normalized spacial score (nSPS) is 23.0. The highest BCUT2D eigenvalue weighted by Crippen LogP contribution is 2.12. The first-order valence-corrected chi connectivity index (χ1v) is 5.28. The van der Waals surface area contributed by atoms with Crippen LogP contribution in [0.3, 0.4) is 0 Å². The molecule has 3 heteroatoms. The van der Waals surface area contributed by atoms with Crippen LogP contribution in [0.2, 0.25) is 0 Å². The minimum atomic E-state index is 0.285. The maximum absolute atomic E-state index is 11.6. The number of carbonyl (C=O) groups excluding carboxylic acids is 1. The minimum Gasteiger partial charge on any atom is -0.317 e.